The number of aliphatic hydroxyl groups excluding tert-OH is 1. The van der Waals surface area contributed by atoms with Gasteiger partial charge in [0, 0.05) is 25.3 Å². The molecule has 1 aromatic carbocycles. The molecule has 0 radical (unpaired) electrons. The molecule has 1 N–H and O–H groups in total. The van der Waals surface area contributed by atoms with Crippen molar-refractivity contribution in [3.05, 3.63) is 29.6 Å². The van der Waals surface area contributed by atoms with Crippen molar-refractivity contribution >= 4 is 11.6 Å². The van der Waals surface area contributed by atoms with Gasteiger partial charge in [-0.05, 0) is 36.1 Å². The first kappa shape index (κ1) is 12.0. The van der Waals surface area contributed by atoms with Crippen molar-refractivity contribution in [2.24, 2.45) is 5.92 Å². The molecule has 1 aromatic rings. The number of carbonyl (C=O) groups is 1. The van der Waals surface area contributed by atoms with Crippen molar-refractivity contribution in [2.45, 2.75) is 19.8 Å². The van der Waals surface area contributed by atoms with Gasteiger partial charge in [-0.3, -0.25) is 4.79 Å². The van der Waals surface area contributed by atoms with Crippen LogP contribution in [0.15, 0.2) is 18.2 Å². The summed E-state index contributed by atoms with van der Waals surface area (Å²) < 4.78 is 13.1. The van der Waals surface area contributed by atoms with Crippen LogP contribution in [-0.4, -0.2) is 24.2 Å². The number of aliphatic hydroxyl groups is 1. The minimum absolute atomic E-state index is 0.0231. The van der Waals surface area contributed by atoms with Gasteiger partial charge in [0.05, 0.1) is 0 Å². The average molecular weight is 237 g/mol. The summed E-state index contributed by atoms with van der Waals surface area (Å²) in [6.07, 6.45) is 1.00. The Kier molecular flexibility index (Phi) is 3.43. The van der Waals surface area contributed by atoms with E-state index in [1.54, 1.807) is 11.0 Å². The first-order valence-electron chi connectivity index (χ1n) is 5.81. The van der Waals surface area contributed by atoms with Gasteiger partial charge in [0.2, 0.25) is 5.91 Å². The summed E-state index contributed by atoms with van der Waals surface area (Å²) in [5, 5.41) is 9.05. The van der Waals surface area contributed by atoms with Crippen LogP contribution in [0.2, 0.25) is 0 Å². The lowest BCUT2D eigenvalue weighted by molar-refractivity contribution is -0.119. The second-order valence-corrected chi connectivity index (χ2v) is 4.57. The first-order chi connectivity index (χ1) is 8.11. The second kappa shape index (κ2) is 4.84. The SMILES string of the molecule is CC(CO)CN1C(=O)CCc2cc(F)ccc21. The first-order valence-corrected chi connectivity index (χ1v) is 5.81. The van der Waals surface area contributed by atoms with Crippen LogP contribution in [0, 0.1) is 11.7 Å². The van der Waals surface area contributed by atoms with Crippen molar-refractivity contribution in [2.75, 3.05) is 18.1 Å². The molecule has 1 heterocycles. The number of fused-ring (bicyclic) bond motifs is 1. The van der Waals surface area contributed by atoms with Crippen molar-refractivity contribution in [3.63, 3.8) is 0 Å². The third kappa shape index (κ3) is 2.47. The number of aryl methyl sites for hydroxylation is 1. The number of carbonyl (C=O) groups excluding carboxylic acids is 1. The molecule has 1 atom stereocenters. The fourth-order valence-corrected chi connectivity index (χ4v) is 2.10. The Labute approximate surface area is 99.9 Å². The van der Waals surface area contributed by atoms with Crippen LogP contribution in [0.4, 0.5) is 10.1 Å². The summed E-state index contributed by atoms with van der Waals surface area (Å²) in [4.78, 5) is 13.5. The van der Waals surface area contributed by atoms with Gasteiger partial charge in [-0.25, -0.2) is 4.39 Å². The van der Waals surface area contributed by atoms with E-state index in [4.69, 9.17) is 5.11 Å². The molecule has 4 heteroatoms. The maximum atomic E-state index is 13.1. The van der Waals surface area contributed by atoms with Gasteiger partial charge in [-0.15, -0.1) is 0 Å². The number of rotatable bonds is 3. The minimum Gasteiger partial charge on any atom is -0.396 e. The molecule has 0 saturated heterocycles. The highest BCUT2D eigenvalue weighted by Crippen LogP contribution is 2.29. The molecule has 92 valence electrons. The smallest absolute Gasteiger partial charge is 0.227 e. The topological polar surface area (TPSA) is 40.5 Å². The summed E-state index contributed by atoms with van der Waals surface area (Å²) in [6, 6.07) is 4.50. The Balaban J connectivity index is 2.30. The largest absolute Gasteiger partial charge is 0.396 e. The van der Waals surface area contributed by atoms with Gasteiger partial charge in [0.1, 0.15) is 5.82 Å². The number of benzene rings is 1. The van der Waals surface area contributed by atoms with Gasteiger partial charge >= 0.3 is 0 Å². The summed E-state index contributed by atoms with van der Waals surface area (Å²) in [6.45, 7) is 2.40. The molecule has 1 aliphatic heterocycles. The zero-order chi connectivity index (χ0) is 12.4. The number of hydrogen-bond acceptors (Lipinski definition) is 2. The average Bonchev–Trinajstić information content (AvgIpc) is 2.32. The van der Waals surface area contributed by atoms with Crippen LogP contribution >= 0.6 is 0 Å². The molecule has 0 bridgehead atoms. The lowest BCUT2D eigenvalue weighted by Crippen LogP contribution is -2.39. The van der Waals surface area contributed by atoms with E-state index in [1.807, 2.05) is 6.92 Å². The number of anilines is 1. The van der Waals surface area contributed by atoms with E-state index in [2.05, 4.69) is 0 Å². The van der Waals surface area contributed by atoms with Crippen molar-refractivity contribution in [1.29, 1.82) is 0 Å². The molecule has 1 unspecified atom stereocenters. The maximum Gasteiger partial charge on any atom is 0.227 e. The van der Waals surface area contributed by atoms with E-state index in [0.29, 0.717) is 19.4 Å². The number of amides is 1. The standard InChI is InChI=1S/C13H16FNO2/c1-9(8-16)7-15-12-4-3-11(14)6-10(12)2-5-13(15)17/h3-4,6,9,16H,2,5,7-8H2,1H3. The molecule has 0 fully saturated rings. The third-order valence-electron chi connectivity index (χ3n) is 3.05. The van der Waals surface area contributed by atoms with Crippen molar-refractivity contribution < 1.29 is 14.3 Å². The monoisotopic (exact) mass is 237 g/mol. The second-order valence-electron chi connectivity index (χ2n) is 4.57. The number of hydrogen-bond donors (Lipinski definition) is 1. The van der Waals surface area contributed by atoms with Gasteiger partial charge in [-0.2, -0.15) is 0 Å². The zero-order valence-corrected chi connectivity index (χ0v) is 9.82. The summed E-state index contributed by atoms with van der Waals surface area (Å²) in [5.41, 5.74) is 1.65. The predicted molar refractivity (Wildman–Crippen MR) is 63.3 cm³/mol. The van der Waals surface area contributed by atoms with Crippen LogP contribution in [0.3, 0.4) is 0 Å². The fraction of sp³-hybridized carbons (Fsp3) is 0.462. The fourth-order valence-electron chi connectivity index (χ4n) is 2.10. The number of nitrogens with zero attached hydrogens (tertiary/aromatic N) is 1. The van der Waals surface area contributed by atoms with Crippen LogP contribution < -0.4 is 4.90 Å². The third-order valence-corrected chi connectivity index (χ3v) is 3.05. The Morgan fingerprint density at radius 2 is 2.24 bits per heavy atom. The quantitative estimate of drug-likeness (QED) is 0.869. The minimum atomic E-state index is -0.270. The Bertz CT molecular complexity index is 433. The van der Waals surface area contributed by atoms with E-state index >= 15 is 0 Å². The molecule has 0 saturated carbocycles. The van der Waals surface area contributed by atoms with Gasteiger partial charge in [-0.1, -0.05) is 6.92 Å². The molecule has 0 spiro atoms. The highest BCUT2D eigenvalue weighted by atomic mass is 19.1. The zero-order valence-electron chi connectivity index (χ0n) is 9.82. The van der Waals surface area contributed by atoms with Crippen LogP contribution in [0.25, 0.3) is 0 Å². The normalized spacial score (nSPS) is 16.9. The molecule has 1 amide bonds. The number of halogens is 1. The van der Waals surface area contributed by atoms with Gasteiger partial charge in [0.15, 0.2) is 0 Å². The highest BCUT2D eigenvalue weighted by molar-refractivity contribution is 5.96. The summed E-state index contributed by atoms with van der Waals surface area (Å²) >= 11 is 0. The van der Waals surface area contributed by atoms with Crippen LogP contribution in [0.5, 0.6) is 0 Å². The van der Waals surface area contributed by atoms with E-state index in [9.17, 15) is 9.18 Å². The lowest BCUT2D eigenvalue weighted by Gasteiger charge is -2.31. The van der Waals surface area contributed by atoms with Gasteiger partial charge in [0.25, 0.3) is 0 Å². The molecule has 1 aliphatic rings. The van der Waals surface area contributed by atoms with Gasteiger partial charge < -0.3 is 10.0 Å². The Morgan fingerprint density at radius 1 is 1.47 bits per heavy atom. The summed E-state index contributed by atoms with van der Waals surface area (Å²) in [7, 11) is 0. The van der Waals surface area contributed by atoms with E-state index in [-0.39, 0.29) is 24.2 Å². The molecule has 0 aromatic heterocycles. The lowest BCUT2D eigenvalue weighted by atomic mass is 9.99. The van der Waals surface area contributed by atoms with Crippen molar-refractivity contribution in [1.82, 2.24) is 0 Å². The van der Waals surface area contributed by atoms with Crippen molar-refractivity contribution in [3.8, 4) is 0 Å². The van der Waals surface area contributed by atoms with Crippen LogP contribution in [0.1, 0.15) is 18.9 Å². The predicted octanol–water partition coefficient (Wildman–Crippen LogP) is 1.73. The van der Waals surface area contributed by atoms with E-state index < -0.39 is 0 Å². The van der Waals surface area contributed by atoms with E-state index in [1.165, 1.54) is 12.1 Å². The maximum absolute atomic E-state index is 13.1. The Hall–Kier alpha value is -1.42. The molecular formula is C13H16FNO2. The molecular weight excluding hydrogens is 221 g/mol. The molecule has 17 heavy (non-hydrogen) atoms. The Morgan fingerprint density at radius 3 is 2.94 bits per heavy atom. The van der Waals surface area contributed by atoms with Crippen LogP contribution in [-0.2, 0) is 11.2 Å². The summed E-state index contributed by atoms with van der Waals surface area (Å²) in [5.74, 6) is -0.201. The van der Waals surface area contributed by atoms with E-state index in [0.717, 1.165) is 11.3 Å². The molecule has 3 nitrogen and oxygen atoms in total. The molecule has 0 aliphatic carbocycles. The molecule has 2 rings (SSSR count). The highest BCUT2D eigenvalue weighted by Gasteiger charge is 2.25.